The molecule has 2 N–H and O–H groups in total. The molecule has 2 aromatic rings. The molecule has 2 heteroatoms. The number of hydrogen-bond acceptors (Lipinski definition) is 2. The lowest BCUT2D eigenvalue weighted by atomic mass is 10.2. The maximum atomic E-state index is 5.40. The third kappa shape index (κ3) is 5.02. The van der Waals surface area contributed by atoms with Gasteiger partial charge in [-0.1, -0.05) is 49.4 Å². The number of aryl methyl sites for hydroxylation is 1. The van der Waals surface area contributed by atoms with Crippen LogP contribution >= 0.6 is 0 Å². The van der Waals surface area contributed by atoms with E-state index in [-0.39, 0.29) is 0 Å². The lowest BCUT2D eigenvalue weighted by Gasteiger charge is -1.99. The van der Waals surface area contributed by atoms with Crippen LogP contribution in [0.3, 0.4) is 0 Å². The summed E-state index contributed by atoms with van der Waals surface area (Å²) in [6, 6.07) is 18.2. The number of benzene rings is 2. The van der Waals surface area contributed by atoms with Crippen molar-refractivity contribution in [2.45, 2.75) is 19.9 Å². The molecule has 0 saturated carbocycles. The second-order valence-electron chi connectivity index (χ2n) is 3.89. The summed E-state index contributed by atoms with van der Waals surface area (Å²) in [6.45, 7) is 2.75. The molecule has 2 rings (SSSR count). The average molecular weight is 243 g/mol. The normalized spacial score (nSPS) is 9.28. The molecule has 0 bridgehead atoms. The summed E-state index contributed by atoms with van der Waals surface area (Å²) in [4.78, 5) is 0. The molecule has 2 nitrogen and oxygen atoms in total. The molecular formula is C16H21NO. The highest BCUT2D eigenvalue weighted by atomic mass is 16.5. The van der Waals surface area contributed by atoms with Gasteiger partial charge in [-0.25, -0.2) is 0 Å². The summed E-state index contributed by atoms with van der Waals surface area (Å²) in [6.07, 6.45) is 1.14. The van der Waals surface area contributed by atoms with Crippen molar-refractivity contribution in [1.82, 2.24) is 0 Å². The molecule has 18 heavy (non-hydrogen) atoms. The fraction of sp³-hybridized carbons (Fsp3) is 0.250. The van der Waals surface area contributed by atoms with Gasteiger partial charge in [-0.2, -0.15) is 0 Å². The Morgan fingerprint density at radius 2 is 1.50 bits per heavy atom. The van der Waals surface area contributed by atoms with Crippen molar-refractivity contribution >= 4 is 0 Å². The van der Waals surface area contributed by atoms with Crippen molar-refractivity contribution in [1.29, 1.82) is 0 Å². The SMILES string of the molecule is CCc1ccccc1.COc1ccc(CN)cc1. The van der Waals surface area contributed by atoms with Crippen molar-refractivity contribution in [3.8, 4) is 5.75 Å². The van der Waals surface area contributed by atoms with Crippen LogP contribution in [-0.2, 0) is 13.0 Å². The van der Waals surface area contributed by atoms with E-state index in [1.807, 2.05) is 30.3 Å². The molecule has 2 aromatic carbocycles. The number of nitrogens with two attached hydrogens (primary N) is 1. The van der Waals surface area contributed by atoms with Crippen molar-refractivity contribution in [3.05, 3.63) is 65.7 Å². The van der Waals surface area contributed by atoms with Gasteiger partial charge in [0.05, 0.1) is 7.11 Å². The molecule has 0 aliphatic rings. The van der Waals surface area contributed by atoms with Gasteiger partial charge in [-0.05, 0) is 29.7 Å². The molecule has 0 fully saturated rings. The minimum absolute atomic E-state index is 0.587. The van der Waals surface area contributed by atoms with Crippen LogP contribution in [0.4, 0.5) is 0 Å². The van der Waals surface area contributed by atoms with Crippen LogP contribution in [0.5, 0.6) is 5.75 Å². The standard InChI is InChI=1S/C8H11NO.C8H10/c1-10-8-4-2-7(6-9)3-5-8;1-2-8-6-4-3-5-7-8/h2-5H,6,9H2,1H3;3-7H,2H2,1H3. The largest absolute Gasteiger partial charge is 0.497 e. The Morgan fingerprint density at radius 1 is 0.889 bits per heavy atom. The Balaban J connectivity index is 0.000000184. The van der Waals surface area contributed by atoms with Gasteiger partial charge in [-0.3, -0.25) is 0 Å². The topological polar surface area (TPSA) is 35.2 Å². The number of ether oxygens (including phenoxy) is 1. The lowest BCUT2D eigenvalue weighted by molar-refractivity contribution is 0.414. The van der Waals surface area contributed by atoms with E-state index in [9.17, 15) is 0 Å². The zero-order valence-electron chi connectivity index (χ0n) is 11.1. The Labute approximate surface area is 109 Å². The van der Waals surface area contributed by atoms with Gasteiger partial charge < -0.3 is 10.5 Å². The first-order valence-electron chi connectivity index (χ1n) is 6.17. The predicted molar refractivity (Wildman–Crippen MR) is 76.7 cm³/mol. The van der Waals surface area contributed by atoms with E-state index in [0.29, 0.717) is 6.54 Å². The van der Waals surface area contributed by atoms with Gasteiger partial charge in [0.25, 0.3) is 0 Å². The molecule has 0 atom stereocenters. The van der Waals surface area contributed by atoms with Crippen LogP contribution < -0.4 is 10.5 Å². The molecule has 96 valence electrons. The maximum absolute atomic E-state index is 5.40. The lowest BCUT2D eigenvalue weighted by Crippen LogP contribution is -1.95. The summed E-state index contributed by atoms with van der Waals surface area (Å²) in [5.74, 6) is 0.872. The highest BCUT2D eigenvalue weighted by Crippen LogP contribution is 2.10. The van der Waals surface area contributed by atoms with E-state index in [0.717, 1.165) is 17.7 Å². The van der Waals surface area contributed by atoms with E-state index in [2.05, 4.69) is 31.2 Å². The summed E-state index contributed by atoms with van der Waals surface area (Å²) >= 11 is 0. The van der Waals surface area contributed by atoms with Gasteiger partial charge in [-0.15, -0.1) is 0 Å². The maximum Gasteiger partial charge on any atom is 0.118 e. The highest BCUT2D eigenvalue weighted by molar-refractivity contribution is 5.26. The Bertz CT molecular complexity index is 400. The van der Waals surface area contributed by atoms with Gasteiger partial charge in [0.15, 0.2) is 0 Å². The van der Waals surface area contributed by atoms with Crippen molar-refractivity contribution in [2.75, 3.05) is 7.11 Å². The molecule has 0 aromatic heterocycles. The van der Waals surface area contributed by atoms with Crippen LogP contribution in [0, 0.1) is 0 Å². The molecule has 0 aliphatic carbocycles. The van der Waals surface area contributed by atoms with E-state index in [4.69, 9.17) is 10.5 Å². The highest BCUT2D eigenvalue weighted by Gasteiger charge is 1.89. The molecule has 0 amide bonds. The zero-order valence-corrected chi connectivity index (χ0v) is 11.1. The van der Waals surface area contributed by atoms with Crippen molar-refractivity contribution < 1.29 is 4.74 Å². The Hall–Kier alpha value is -1.80. The second kappa shape index (κ2) is 8.31. The van der Waals surface area contributed by atoms with Crippen LogP contribution in [0.15, 0.2) is 54.6 Å². The van der Waals surface area contributed by atoms with Crippen molar-refractivity contribution in [3.63, 3.8) is 0 Å². The minimum atomic E-state index is 0.587. The molecule has 0 saturated heterocycles. The van der Waals surface area contributed by atoms with Crippen LogP contribution in [0.2, 0.25) is 0 Å². The van der Waals surface area contributed by atoms with Crippen LogP contribution in [0.25, 0.3) is 0 Å². The van der Waals surface area contributed by atoms with Gasteiger partial charge >= 0.3 is 0 Å². The molecule has 0 heterocycles. The molecular weight excluding hydrogens is 222 g/mol. The molecule has 0 radical (unpaired) electrons. The average Bonchev–Trinajstić information content (AvgIpc) is 2.49. The van der Waals surface area contributed by atoms with Gasteiger partial charge in [0.1, 0.15) is 5.75 Å². The summed E-state index contributed by atoms with van der Waals surface area (Å²) in [7, 11) is 1.65. The van der Waals surface area contributed by atoms with E-state index in [1.54, 1.807) is 7.11 Å². The van der Waals surface area contributed by atoms with E-state index in [1.165, 1.54) is 5.56 Å². The number of methoxy groups -OCH3 is 1. The van der Waals surface area contributed by atoms with Gasteiger partial charge in [0, 0.05) is 6.54 Å². The van der Waals surface area contributed by atoms with Crippen molar-refractivity contribution in [2.24, 2.45) is 5.73 Å². The summed E-state index contributed by atoms with van der Waals surface area (Å²) in [5.41, 5.74) is 7.94. The predicted octanol–water partition coefficient (Wildman–Crippen LogP) is 3.40. The number of rotatable bonds is 3. The minimum Gasteiger partial charge on any atom is -0.497 e. The smallest absolute Gasteiger partial charge is 0.118 e. The Kier molecular flexibility index (Phi) is 6.59. The molecule has 0 unspecified atom stereocenters. The quantitative estimate of drug-likeness (QED) is 0.896. The van der Waals surface area contributed by atoms with Gasteiger partial charge in [0.2, 0.25) is 0 Å². The number of hydrogen-bond donors (Lipinski definition) is 1. The van der Waals surface area contributed by atoms with Crippen LogP contribution in [0.1, 0.15) is 18.1 Å². The third-order valence-corrected chi connectivity index (χ3v) is 2.65. The molecule has 0 aliphatic heterocycles. The summed E-state index contributed by atoms with van der Waals surface area (Å²) in [5, 5.41) is 0. The fourth-order valence-corrected chi connectivity index (χ4v) is 1.48. The third-order valence-electron chi connectivity index (χ3n) is 2.65. The first-order chi connectivity index (χ1) is 8.80. The summed E-state index contributed by atoms with van der Waals surface area (Å²) < 4.78 is 4.97. The Morgan fingerprint density at radius 3 is 1.89 bits per heavy atom. The second-order valence-corrected chi connectivity index (χ2v) is 3.89. The van der Waals surface area contributed by atoms with Crippen LogP contribution in [-0.4, -0.2) is 7.11 Å². The first kappa shape index (κ1) is 14.3. The van der Waals surface area contributed by atoms with E-state index < -0.39 is 0 Å². The first-order valence-corrected chi connectivity index (χ1v) is 6.17. The van der Waals surface area contributed by atoms with E-state index >= 15 is 0 Å². The zero-order chi connectivity index (χ0) is 13.2. The fourth-order valence-electron chi connectivity index (χ4n) is 1.48. The molecule has 0 spiro atoms. The monoisotopic (exact) mass is 243 g/mol.